The number of benzene rings is 1. The van der Waals surface area contributed by atoms with E-state index in [1.807, 2.05) is 6.07 Å². The summed E-state index contributed by atoms with van der Waals surface area (Å²) in [7, 11) is -3.49. The van der Waals surface area contributed by atoms with E-state index in [1.165, 1.54) is 12.8 Å². The van der Waals surface area contributed by atoms with E-state index in [0.29, 0.717) is 28.4 Å². The Morgan fingerprint density at radius 2 is 2.00 bits per heavy atom. The molecule has 0 bridgehead atoms. The fourth-order valence-corrected chi connectivity index (χ4v) is 3.56. The van der Waals surface area contributed by atoms with Crippen LogP contribution < -0.4 is 10.0 Å². The Morgan fingerprint density at radius 3 is 2.81 bits per heavy atom. The number of nitrogens with one attached hydrogen (secondary N) is 2. The van der Waals surface area contributed by atoms with Crippen molar-refractivity contribution in [2.24, 2.45) is 0 Å². The minimum atomic E-state index is -3.49. The maximum Gasteiger partial charge on any atom is 0.241 e. The van der Waals surface area contributed by atoms with E-state index in [4.69, 9.17) is 0 Å². The predicted molar refractivity (Wildman–Crippen MR) is 82.6 cm³/mol. The molecule has 0 atom stereocenters. The van der Waals surface area contributed by atoms with Crippen molar-refractivity contribution >= 4 is 20.9 Å². The van der Waals surface area contributed by atoms with E-state index >= 15 is 0 Å². The van der Waals surface area contributed by atoms with Crippen molar-refractivity contribution in [1.82, 2.24) is 15.0 Å². The molecule has 0 radical (unpaired) electrons. The third-order valence-electron chi connectivity index (χ3n) is 3.55. The van der Waals surface area contributed by atoms with E-state index in [-0.39, 0.29) is 0 Å². The summed E-state index contributed by atoms with van der Waals surface area (Å²) in [6, 6.07) is 9.35. The van der Waals surface area contributed by atoms with Gasteiger partial charge in [0.05, 0.1) is 10.4 Å². The molecule has 21 heavy (non-hydrogen) atoms. The van der Waals surface area contributed by atoms with E-state index in [2.05, 4.69) is 15.0 Å². The van der Waals surface area contributed by atoms with Crippen LogP contribution in [0.25, 0.3) is 10.9 Å². The quantitative estimate of drug-likeness (QED) is 0.763. The zero-order valence-electron chi connectivity index (χ0n) is 11.7. The summed E-state index contributed by atoms with van der Waals surface area (Å²) >= 11 is 0. The van der Waals surface area contributed by atoms with E-state index in [1.54, 1.807) is 30.5 Å². The van der Waals surface area contributed by atoms with Gasteiger partial charge in [0.15, 0.2) is 0 Å². The molecule has 1 aromatic carbocycles. The molecule has 112 valence electrons. The number of rotatable bonds is 7. The zero-order valence-corrected chi connectivity index (χ0v) is 12.6. The van der Waals surface area contributed by atoms with E-state index < -0.39 is 10.0 Å². The Morgan fingerprint density at radius 1 is 1.14 bits per heavy atom. The van der Waals surface area contributed by atoms with Crippen LogP contribution in [0.2, 0.25) is 0 Å². The molecule has 1 heterocycles. The third-order valence-corrected chi connectivity index (χ3v) is 5.07. The lowest BCUT2D eigenvalue weighted by Gasteiger charge is -2.09. The number of fused-ring (bicyclic) bond motifs is 1. The molecule has 1 aliphatic carbocycles. The van der Waals surface area contributed by atoms with E-state index in [9.17, 15) is 8.42 Å². The van der Waals surface area contributed by atoms with Gasteiger partial charge >= 0.3 is 0 Å². The molecule has 5 nitrogen and oxygen atoms in total. The number of hydrogen-bond acceptors (Lipinski definition) is 4. The van der Waals surface area contributed by atoms with Crippen LogP contribution in [-0.4, -0.2) is 32.5 Å². The van der Waals surface area contributed by atoms with Crippen molar-refractivity contribution < 1.29 is 8.42 Å². The molecular formula is C15H19N3O2S. The number of nitrogens with zero attached hydrogens (tertiary/aromatic N) is 1. The largest absolute Gasteiger partial charge is 0.314 e. The molecule has 3 rings (SSSR count). The second-order valence-corrected chi connectivity index (χ2v) is 7.04. The first kappa shape index (κ1) is 14.4. The van der Waals surface area contributed by atoms with Crippen molar-refractivity contribution in [3.8, 4) is 0 Å². The summed E-state index contributed by atoms with van der Waals surface area (Å²) in [5.41, 5.74) is 0.691. The lowest BCUT2D eigenvalue weighted by atomic mass is 10.2. The molecule has 0 saturated heterocycles. The summed E-state index contributed by atoms with van der Waals surface area (Å²) in [5, 5.41) is 4.02. The first-order chi connectivity index (χ1) is 10.2. The van der Waals surface area contributed by atoms with Crippen LogP contribution in [0, 0.1) is 0 Å². The number of aromatic nitrogens is 1. The highest BCUT2D eigenvalue weighted by Gasteiger charge is 2.20. The fraction of sp³-hybridized carbons (Fsp3) is 0.400. The van der Waals surface area contributed by atoms with Gasteiger partial charge in [-0.25, -0.2) is 13.1 Å². The molecule has 1 fully saturated rings. The van der Waals surface area contributed by atoms with Crippen LogP contribution in [0.1, 0.15) is 19.3 Å². The Balaban J connectivity index is 1.67. The molecule has 2 aromatic rings. The standard InChI is InChI=1S/C15H19N3O2S/c19-21(20,18-11-3-10-16-12-7-8-12)15-6-1-5-14-13(15)4-2-9-17-14/h1-2,4-6,9,12,16,18H,3,7-8,10-11H2. The monoisotopic (exact) mass is 305 g/mol. The van der Waals surface area contributed by atoms with Gasteiger partial charge in [-0.3, -0.25) is 4.98 Å². The highest BCUT2D eigenvalue weighted by atomic mass is 32.2. The topological polar surface area (TPSA) is 71.1 Å². The highest BCUT2D eigenvalue weighted by molar-refractivity contribution is 7.89. The van der Waals surface area contributed by atoms with Gasteiger partial charge in [-0.2, -0.15) is 0 Å². The zero-order chi connectivity index (χ0) is 14.7. The van der Waals surface area contributed by atoms with Crippen LogP contribution in [0.5, 0.6) is 0 Å². The maximum absolute atomic E-state index is 12.4. The van der Waals surface area contributed by atoms with Crippen LogP contribution in [-0.2, 0) is 10.0 Å². The molecule has 1 saturated carbocycles. The van der Waals surface area contributed by atoms with Crippen molar-refractivity contribution in [2.75, 3.05) is 13.1 Å². The predicted octanol–water partition coefficient (Wildman–Crippen LogP) is 1.66. The van der Waals surface area contributed by atoms with Crippen LogP contribution >= 0.6 is 0 Å². The molecule has 0 aliphatic heterocycles. The summed E-state index contributed by atoms with van der Waals surface area (Å²) in [4.78, 5) is 4.48. The molecule has 0 amide bonds. The summed E-state index contributed by atoms with van der Waals surface area (Å²) in [6.45, 7) is 1.29. The number of pyridine rings is 1. The second kappa shape index (κ2) is 6.09. The summed E-state index contributed by atoms with van der Waals surface area (Å²) in [6.07, 6.45) is 4.94. The normalized spacial score (nSPS) is 15.4. The molecule has 6 heteroatoms. The SMILES string of the molecule is O=S(=O)(NCCCNC1CC1)c1cccc2ncccc12. The fourth-order valence-electron chi connectivity index (χ4n) is 2.28. The first-order valence-corrected chi connectivity index (χ1v) is 8.72. The van der Waals surface area contributed by atoms with Crippen molar-refractivity contribution in [3.05, 3.63) is 36.5 Å². The molecular weight excluding hydrogens is 286 g/mol. The van der Waals surface area contributed by atoms with Gasteiger partial charge in [-0.15, -0.1) is 0 Å². The van der Waals surface area contributed by atoms with Crippen LogP contribution in [0.3, 0.4) is 0 Å². The average Bonchev–Trinajstić information content (AvgIpc) is 3.30. The van der Waals surface area contributed by atoms with Crippen molar-refractivity contribution in [3.63, 3.8) is 0 Å². The van der Waals surface area contributed by atoms with Gasteiger partial charge in [0.2, 0.25) is 10.0 Å². The minimum absolute atomic E-state index is 0.295. The Labute approximate surface area is 124 Å². The van der Waals surface area contributed by atoms with Crippen LogP contribution in [0.4, 0.5) is 0 Å². The van der Waals surface area contributed by atoms with Gasteiger partial charge in [0, 0.05) is 24.2 Å². The maximum atomic E-state index is 12.4. The summed E-state index contributed by atoms with van der Waals surface area (Å²) < 4.78 is 27.5. The van der Waals surface area contributed by atoms with Gasteiger partial charge < -0.3 is 5.32 Å². The number of sulfonamides is 1. The molecule has 1 aromatic heterocycles. The number of hydrogen-bond donors (Lipinski definition) is 2. The smallest absolute Gasteiger partial charge is 0.241 e. The highest BCUT2D eigenvalue weighted by Crippen LogP contribution is 2.21. The third kappa shape index (κ3) is 3.58. The Kier molecular flexibility index (Phi) is 4.19. The van der Waals surface area contributed by atoms with Crippen LogP contribution in [0.15, 0.2) is 41.4 Å². The average molecular weight is 305 g/mol. The molecule has 2 N–H and O–H groups in total. The Bertz CT molecular complexity index is 721. The van der Waals surface area contributed by atoms with Gasteiger partial charge in [0.25, 0.3) is 0 Å². The van der Waals surface area contributed by atoms with E-state index in [0.717, 1.165) is 13.0 Å². The Hall–Kier alpha value is -1.50. The lowest BCUT2D eigenvalue weighted by Crippen LogP contribution is -2.28. The molecule has 0 spiro atoms. The van der Waals surface area contributed by atoms with Crippen molar-refractivity contribution in [2.45, 2.75) is 30.2 Å². The first-order valence-electron chi connectivity index (χ1n) is 7.24. The second-order valence-electron chi connectivity index (χ2n) is 5.31. The van der Waals surface area contributed by atoms with Gasteiger partial charge in [-0.1, -0.05) is 6.07 Å². The minimum Gasteiger partial charge on any atom is -0.314 e. The molecule has 1 aliphatic rings. The van der Waals surface area contributed by atoms with Gasteiger partial charge in [-0.05, 0) is 50.1 Å². The van der Waals surface area contributed by atoms with Crippen molar-refractivity contribution in [1.29, 1.82) is 0 Å². The lowest BCUT2D eigenvalue weighted by molar-refractivity contribution is 0.574. The van der Waals surface area contributed by atoms with Gasteiger partial charge in [0.1, 0.15) is 0 Å². The molecule has 0 unspecified atom stereocenters. The summed E-state index contributed by atoms with van der Waals surface area (Å²) in [5.74, 6) is 0.